The number of aliphatic hydroxyl groups excluding tert-OH is 1. The summed E-state index contributed by atoms with van der Waals surface area (Å²) >= 11 is 0. The number of carbonyl (C=O) groups is 4. The zero-order valence-electron chi connectivity index (χ0n) is 67.8. The molecule has 0 aliphatic carbocycles. The normalized spacial score (nSPS) is 14.9. The molecule has 620 valence electrons. The number of carbonyl (C=O) groups excluding carboxylic acids is 4. The minimum absolute atomic E-state index is 0.0437. The number of phosphoric ester groups is 2. The number of allylic oxidation sites excluding steroid dienone is 34. The van der Waals surface area contributed by atoms with Gasteiger partial charge >= 0.3 is 39.5 Å². The van der Waals surface area contributed by atoms with Crippen molar-refractivity contribution < 1.29 is 80.2 Å². The summed E-state index contributed by atoms with van der Waals surface area (Å²) in [5.74, 6) is -2.38. The highest BCUT2D eigenvalue weighted by atomic mass is 31.2. The lowest BCUT2D eigenvalue weighted by Crippen LogP contribution is -2.30. The number of esters is 4. The van der Waals surface area contributed by atoms with Gasteiger partial charge in [-0.2, -0.15) is 0 Å². The summed E-state index contributed by atoms with van der Waals surface area (Å²) in [6.45, 7) is 4.32. The Morgan fingerprint density at radius 3 is 0.800 bits per heavy atom. The van der Waals surface area contributed by atoms with Gasteiger partial charge in [-0.05, 0) is 180 Å². The molecule has 19 heteroatoms. The summed E-state index contributed by atoms with van der Waals surface area (Å²) in [6, 6.07) is 0. The first-order valence-corrected chi connectivity index (χ1v) is 44.3. The Hall–Kier alpha value is -6.36. The Bertz CT molecular complexity index is 2900. The van der Waals surface area contributed by atoms with E-state index >= 15 is 0 Å². The SMILES string of the molecule is CC/C=C\C/C=C\C/C=C\C/C=C\C/C=C\C/C=C\CCC(=O)O[C@H](COC(=O)CCCCC/C=C\C/C=C\C/C=C\C/C=C\C/C=C\CC)COP(=O)(O)OC[C@@H](O)COP(=O)(O)OC[C@@H](COC(=O)CCCCCCC/C=C\CCCCCC)OC(=O)CCCCC/C=C\C/C=C\C/C=C\C/C=C\C/C=C\CC. The van der Waals surface area contributed by atoms with Crippen molar-refractivity contribution in [2.75, 3.05) is 39.6 Å². The predicted molar refractivity (Wildman–Crippen MR) is 454 cm³/mol. The van der Waals surface area contributed by atoms with E-state index < -0.39 is 97.5 Å². The van der Waals surface area contributed by atoms with Crippen LogP contribution in [0.4, 0.5) is 0 Å². The molecule has 0 saturated carbocycles. The smallest absolute Gasteiger partial charge is 0.462 e. The number of rotatable bonds is 75. The fourth-order valence-electron chi connectivity index (χ4n) is 10.1. The van der Waals surface area contributed by atoms with Gasteiger partial charge in [0.15, 0.2) is 12.2 Å². The molecule has 0 aromatic rings. The van der Waals surface area contributed by atoms with Crippen molar-refractivity contribution in [3.8, 4) is 0 Å². The van der Waals surface area contributed by atoms with Crippen LogP contribution in [0.25, 0.3) is 0 Å². The largest absolute Gasteiger partial charge is 0.472 e. The number of aliphatic hydroxyl groups is 1. The molecule has 0 aliphatic heterocycles. The van der Waals surface area contributed by atoms with Gasteiger partial charge < -0.3 is 33.8 Å². The average Bonchev–Trinajstić information content (AvgIpc) is 0.905. The minimum atomic E-state index is -5.02. The maximum atomic E-state index is 13.1. The van der Waals surface area contributed by atoms with Crippen LogP contribution in [-0.2, 0) is 65.4 Å². The molecular weight excluding hydrogens is 1430 g/mol. The highest BCUT2D eigenvalue weighted by Crippen LogP contribution is 2.45. The molecule has 0 radical (unpaired) electrons. The standard InChI is InChI=1S/C91H144O17P2/c1-5-9-13-17-21-25-29-33-36-39-42-45-48-52-56-60-64-68-72-76-89(94)102-82-87(108-91(96)78-74-70-66-62-58-54-50-47-44-41-38-35-31-27-23-19-15-11-7-3)84-106-110(99,100)104-80-85(92)79-103-109(97,98)105-83-86(81-101-88(93)75-71-67-63-59-55-51-32-28-24-20-16-12-8-4)107-90(95)77-73-69-65-61-57-53-49-46-43-40-37-34-30-26-22-18-14-10-6-2/h9-11,13-15,21-23,25-28,32-38,42-47,52-54,56-58,66,70,85-87,92H,5-8,12,16-20,24,29-31,39-41,48-51,55,59-65,67-69,71-84H2,1-4H3,(H,97,98)(H,99,100)/b13-9-,14-10-,15-11-,25-21-,26-22-,27-23-,32-28-,36-33-,37-34-,38-35-,45-42-,46-43-,47-44-,56-52-,57-53-,58-54-,70-66-/t85-,86+,87+/m0/s1. The van der Waals surface area contributed by atoms with Crippen LogP contribution in [0, 0.1) is 0 Å². The van der Waals surface area contributed by atoms with Crippen molar-refractivity contribution in [2.24, 2.45) is 0 Å². The number of hydrogen-bond acceptors (Lipinski definition) is 15. The van der Waals surface area contributed by atoms with E-state index in [0.717, 1.165) is 173 Å². The zero-order valence-corrected chi connectivity index (χ0v) is 69.6. The predicted octanol–water partition coefficient (Wildman–Crippen LogP) is 24.7. The number of hydrogen-bond donors (Lipinski definition) is 3. The molecule has 110 heavy (non-hydrogen) atoms. The summed E-state index contributed by atoms with van der Waals surface area (Å²) in [5, 5.41) is 10.7. The van der Waals surface area contributed by atoms with E-state index in [2.05, 4.69) is 216 Å². The third-order valence-electron chi connectivity index (χ3n) is 16.2. The van der Waals surface area contributed by atoms with Gasteiger partial charge in [-0.3, -0.25) is 37.3 Å². The van der Waals surface area contributed by atoms with Gasteiger partial charge in [-0.25, -0.2) is 9.13 Å². The van der Waals surface area contributed by atoms with Gasteiger partial charge in [-0.15, -0.1) is 0 Å². The first-order chi connectivity index (χ1) is 53.7. The first-order valence-electron chi connectivity index (χ1n) is 41.3. The summed E-state index contributed by atoms with van der Waals surface area (Å²) in [5.41, 5.74) is 0. The summed E-state index contributed by atoms with van der Waals surface area (Å²) < 4.78 is 68.6. The molecule has 0 aromatic carbocycles. The first kappa shape index (κ1) is 104. The second-order valence-electron chi connectivity index (χ2n) is 26.6. The van der Waals surface area contributed by atoms with E-state index in [1.165, 1.54) is 25.7 Å². The fraction of sp³-hybridized carbons (Fsp3) is 0.582. The molecule has 0 saturated heterocycles. The maximum absolute atomic E-state index is 13.1. The van der Waals surface area contributed by atoms with Gasteiger partial charge in [-0.1, -0.05) is 286 Å². The monoisotopic (exact) mass is 1570 g/mol. The molecule has 0 amide bonds. The third-order valence-corrected chi connectivity index (χ3v) is 18.1. The molecule has 0 aliphatic rings. The quantitative estimate of drug-likeness (QED) is 0.0169. The maximum Gasteiger partial charge on any atom is 0.472 e. The second-order valence-corrected chi connectivity index (χ2v) is 29.5. The van der Waals surface area contributed by atoms with Crippen molar-refractivity contribution in [2.45, 2.75) is 303 Å². The molecule has 0 rings (SSSR count). The van der Waals surface area contributed by atoms with Crippen LogP contribution in [0.15, 0.2) is 207 Å². The van der Waals surface area contributed by atoms with Gasteiger partial charge in [0, 0.05) is 25.7 Å². The highest BCUT2D eigenvalue weighted by Gasteiger charge is 2.30. The van der Waals surface area contributed by atoms with E-state index in [4.69, 9.17) is 37.0 Å². The fourth-order valence-corrected chi connectivity index (χ4v) is 11.6. The molecular formula is C91H144O17P2. The Morgan fingerprint density at radius 2 is 0.491 bits per heavy atom. The van der Waals surface area contributed by atoms with Gasteiger partial charge in [0.2, 0.25) is 0 Å². The van der Waals surface area contributed by atoms with E-state index in [9.17, 15) is 43.2 Å². The molecule has 0 heterocycles. The van der Waals surface area contributed by atoms with Crippen molar-refractivity contribution >= 4 is 39.5 Å². The van der Waals surface area contributed by atoms with E-state index in [0.29, 0.717) is 32.1 Å². The highest BCUT2D eigenvalue weighted by molar-refractivity contribution is 7.47. The molecule has 0 aromatic heterocycles. The lowest BCUT2D eigenvalue weighted by molar-refractivity contribution is -0.161. The molecule has 2 unspecified atom stereocenters. The van der Waals surface area contributed by atoms with Gasteiger partial charge in [0.1, 0.15) is 19.3 Å². The number of phosphoric acid groups is 2. The van der Waals surface area contributed by atoms with E-state index in [1.807, 2.05) is 18.2 Å². The van der Waals surface area contributed by atoms with Crippen LogP contribution in [0.5, 0.6) is 0 Å². The zero-order chi connectivity index (χ0) is 80.3. The summed E-state index contributed by atoms with van der Waals surface area (Å²) in [4.78, 5) is 73.1. The van der Waals surface area contributed by atoms with Crippen LogP contribution in [0.1, 0.15) is 285 Å². The topological polar surface area (TPSA) is 237 Å². The minimum Gasteiger partial charge on any atom is -0.462 e. The summed E-state index contributed by atoms with van der Waals surface area (Å²) in [7, 11) is -10.0. The Balaban J connectivity index is 5.54. The van der Waals surface area contributed by atoms with Gasteiger partial charge in [0.05, 0.1) is 26.4 Å². The molecule has 0 spiro atoms. The van der Waals surface area contributed by atoms with Crippen LogP contribution in [-0.4, -0.2) is 96.7 Å². The van der Waals surface area contributed by atoms with E-state index in [1.54, 1.807) is 0 Å². The van der Waals surface area contributed by atoms with Crippen molar-refractivity contribution in [1.82, 2.24) is 0 Å². The van der Waals surface area contributed by atoms with Crippen molar-refractivity contribution in [3.63, 3.8) is 0 Å². The van der Waals surface area contributed by atoms with Crippen molar-refractivity contribution in [3.05, 3.63) is 207 Å². The molecule has 5 atom stereocenters. The number of ether oxygens (including phenoxy) is 4. The van der Waals surface area contributed by atoms with E-state index in [-0.39, 0.29) is 25.7 Å². The Labute approximate surface area is 665 Å². The Morgan fingerprint density at radius 1 is 0.264 bits per heavy atom. The van der Waals surface area contributed by atoms with Crippen molar-refractivity contribution in [1.29, 1.82) is 0 Å². The van der Waals surface area contributed by atoms with Crippen LogP contribution in [0.3, 0.4) is 0 Å². The second kappa shape index (κ2) is 80.7. The lowest BCUT2D eigenvalue weighted by Gasteiger charge is -2.21. The van der Waals surface area contributed by atoms with Crippen LogP contribution >= 0.6 is 15.6 Å². The molecule has 0 fully saturated rings. The van der Waals surface area contributed by atoms with Crippen LogP contribution < -0.4 is 0 Å². The number of unbranched alkanes of at least 4 members (excludes halogenated alkanes) is 15. The molecule has 3 N–H and O–H groups in total. The third kappa shape index (κ3) is 79.7. The van der Waals surface area contributed by atoms with Gasteiger partial charge in [0.25, 0.3) is 0 Å². The summed E-state index contributed by atoms with van der Waals surface area (Å²) in [6.07, 6.45) is 101. The molecule has 17 nitrogen and oxygen atoms in total. The lowest BCUT2D eigenvalue weighted by atomic mass is 10.1. The van der Waals surface area contributed by atoms with Crippen LogP contribution in [0.2, 0.25) is 0 Å². The molecule has 0 bridgehead atoms. The Kier molecular flexibility index (Phi) is 76.0. The average molecular weight is 1570 g/mol.